The van der Waals surface area contributed by atoms with Crippen LogP contribution in [0.2, 0.25) is 0 Å². The van der Waals surface area contributed by atoms with Gasteiger partial charge in [0.15, 0.2) is 0 Å². The summed E-state index contributed by atoms with van der Waals surface area (Å²) in [5.74, 6) is 0.997. The number of benzene rings is 2. The van der Waals surface area contributed by atoms with E-state index >= 15 is 0 Å². The molecular formula is C23H31Cl2N3O. The van der Waals surface area contributed by atoms with Crippen LogP contribution in [0.15, 0.2) is 36.4 Å². The van der Waals surface area contributed by atoms with Crippen molar-refractivity contribution in [3.8, 4) is 11.8 Å². The van der Waals surface area contributed by atoms with E-state index in [0.717, 1.165) is 50.5 Å². The minimum absolute atomic E-state index is 0. The molecule has 6 heteroatoms. The van der Waals surface area contributed by atoms with Crippen LogP contribution in [0, 0.1) is 25.2 Å². The fraction of sp³-hybridized carbons (Fsp3) is 0.435. The van der Waals surface area contributed by atoms with Crippen LogP contribution in [0.25, 0.3) is 0 Å². The van der Waals surface area contributed by atoms with Gasteiger partial charge in [0.1, 0.15) is 12.4 Å². The first-order chi connectivity index (χ1) is 13.0. The first-order valence-corrected chi connectivity index (χ1v) is 9.68. The van der Waals surface area contributed by atoms with Crippen molar-refractivity contribution in [3.63, 3.8) is 0 Å². The molecule has 158 valence electrons. The lowest BCUT2D eigenvalue weighted by Gasteiger charge is -2.32. The zero-order valence-electron chi connectivity index (χ0n) is 17.5. The number of rotatable bonds is 6. The lowest BCUT2D eigenvalue weighted by Crippen LogP contribution is -2.45. The minimum atomic E-state index is 0. The van der Waals surface area contributed by atoms with Crippen molar-refractivity contribution >= 4 is 24.8 Å². The molecule has 0 bridgehead atoms. The summed E-state index contributed by atoms with van der Waals surface area (Å²) in [5.41, 5.74) is 5.46. The second kappa shape index (κ2) is 12.0. The molecule has 0 aliphatic carbocycles. The molecule has 0 amide bonds. The van der Waals surface area contributed by atoms with Gasteiger partial charge >= 0.3 is 0 Å². The molecule has 0 saturated carbocycles. The molecular weight excluding hydrogens is 405 g/mol. The fourth-order valence-corrected chi connectivity index (χ4v) is 3.70. The summed E-state index contributed by atoms with van der Waals surface area (Å²) in [6.07, 6.45) is 0.780. The monoisotopic (exact) mass is 435 g/mol. The SMILES string of the molecule is Cc1cc(C)c(OCCN2CCN(C)CC2)c(Cc2cccc(C#N)c2)c1.Cl.Cl. The summed E-state index contributed by atoms with van der Waals surface area (Å²) in [6.45, 7) is 10.4. The molecule has 2 aromatic rings. The van der Waals surface area contributed by atoms with Crippen molar-refractivity contribution in [2.24, 2.45) is 0 Å². The largest absolute Gasteiger partial charge is 0.492 e. The summed E-state index contributed by atoms with van der Waals surface area (Å²) in [6, 6.07) is 14.4. The number of piperazine rings is 1. The van der Waals surface area contributed by atoms with E-state index in [2.05, 4.69) is 55.0 Å². The van der Waals surface area contributed by atoms with Crippen LogP contribution >= 0.6 is 24.8 Å². The van der Waals surface area contributed by atoms with Crippen LogP contribution < -0.4 is 4.74 Å². The number of aryl methyl sites for hydroxylation is 2. The van der Waals surface area contributed by atoms with Crippen LogP contribution in [0.4, 0.5) is 0 Å². The van der Waals surface area contributed by atoms with E-state index < -0.39 is 0 Å². The molecule has 2 aromatic carbocycles. The van der Waals surface area contributed by atoms with Crippen LogP contribution in [0.3, 0.4) is 0 Å². The summed E-state index contributed by atoms with van der Waals surface area (Å²) >= 11 is 0. The number of ether oxygens (including phenoxy) is 1. The van der Waals surface area contributed by atoms with Crippen molar-refractivity contribution in [2.45, 2.75) is 20.3 Å². The molecule has 1 aliphatic rings. The number of hydrogen-bond acceptors (Lipinski definition) is 4. The molecule has 1 saturated heterocycles. The second-order valence-electron chi connectivity index (χ2n) is 7.55. The van der Waals surface area contributed by atoms with E-state index in [4.69, 9.17) is 10.00 Å². The van der Waals surface area contributed by atoms with Gasteiger partial charge in [-0.15, -0.1) is 24.8 Å². The van der Waals surface area contributed by atoms with Gasteiger partial charge in [-0.3, -0.25) is 4.90 Å². The Balaban J connectivity index is 0.00000210. The van der Waals surface area contributed by atoms with Gasteiger partial charge in [-0.1, -0.05) is 29.8 Å². The standard InChI is InChI=1S/C23H29N3O.2ClH/c1-18-13-19(2)23(27-12-11-26-9-7-25(3)8-10-26)22(14-18)16-20-5-4-6-21(15-20)17-24;;/h4-6,13-15H,7-12,16H2,1-3H3;2*1H. The molecule has 0 aromatic heterocycles. The van der Waals surface area contributed by atoms with E-state index in [0.29, 0.717) is 12.2 Å². The Bertz CT molecular complexity index is 827. The van der Waals surface area contributed by atoms with Gasteiger partial charge in [0.25, 0.3) is 0 Å². The highest BCUT2D eigenvalue weighted by Gasteiger charge is 2.15. The van der Waals surface area contributed by atoms with E-state index in [-0.39, 0.29) is 24.8 Å². The predicted octanol–water partition coefficient (Wildman–Crippen LogP) is 4.24. The van der Waals surface area contributed by atoms with E-state index in [1.165, 1.54) is 16.7 Å². The van der Waals surface area contributed by atoms with E-state index in [9.17, 15) is 0 Å². The Labute approximate surface area is 187 Å². The molecule has 3 rings (SSSR count). The first kappa shape index (κ1) is 25.3. The average molecular weight is 436 g/mol. The molecule has 0 radical (unpaired) electrons. The smallest absolute Gasteiger partial charge is 0.125 e. The Hall–Kier alpha value is -1.77. The predicted molar refractivity (Wildman–Crippen MR) is 124 cm³/mol. The normalized spacial score (nSPS) is 14.4. The molecule has 0 atom stereocenters. The second-order valence-corrected chi connectivity index (χ2v) is 7.55. The van der Waals surface area contributed by atoms with Crippen LogP contribution in [0.1, 0.15) is 27.8 Å². The third-order valence-electron chi connectivity index (χ3n) is 5.20. The van der Waals surface area contributed by atoms with Gasteiger partial charge in [0.05, 0.1) is 11.6 Å². The van der Waals surface area contributed by atoms with Crippen molar-refractivity contribution in [3.05, 3.63) is 64.2 Å². The first-order valence-electron chi connectivity index (χ1n) is 9.68. The highest BCUT2D eigenvalue weighted by Crippen LogP contribution is 2.28. The number of nitriles is 1. The quantitative estimate of drug-likeness (QED) is 0.679. The molecule has 0 N–H and O–H groups in total. The average Bonchev–Trinajstić information content (AvgIpc) is 2.65. The van der Waals surface area contributed by atoms with Gasteiger partial charge in [-0.05, 0) is 49.7 Å². The fourth-order valence-electron chi connectivity index (χ4n) is 3.70. The topological polar surface area (TPSA) is 39.5 Å². The molecule has 1 aliphatic heterocycles. The van der Waals surface area contributed by atoms with Crippen molar-refractivity contribution in [1.29, 1.82) is 5.26 Å². The van der Waals surface area contributed by atoms with E-state index in [1.807, 2.05) is 18.2 Å². The van der Waals surface area contributed by atoms with Crippen LogP contribution in [-0.4, -0.2) is 56.2 Å². The molecule has 4 nitrogen and oxygen atoms in total. The summed E-state index contributed by atoms with van der Waals surface area (Å²) < 4.78 is 6.26. The lowest BCUT2D eigenvalue weighted by atomic mass is 9.98. The summed E-state index contributed by atoms with van der Waals surface area (Å²) in [4.78, 5) is 4.84. The van der Waals surface area contributed by atoms with E-state index in [1.54, 1.807) is 0 Å². The Morgan fingerprint density at radius 3 is 2.45 bits per heavy atom. The van der Waals surface area contributed by atoms with Gasteiger partial charge in [0, 0.05) is 39.1 Å². The highest BCUT2D eigenvalue weighted by molar-refractivity contribution is 5.85. The molecule has 0 unspecified atom stereocenters. The number of halogens is 2. The van der Waals surface area contributed by atoms with Crippen molar-refractivity contribution < 1.29 is 4.74 Å². The zero-order valence-corrected chi connectivity index (χ0v) is 19.1. The van der Waals surface area contributed by atoms with Crippen LogP contribution in [-0.2, 0) is 6.42 Å². The summed E-state index contributed by atoms with van der Waals surface area (Å²) in [5, 5.41) is 9.14. The zero-order chi connectivity index (χ0) is 19.2. The third kappa shape index (κ3) is 7.21. The molecule has 1 fully saturated rings. The van der Waals surface area contributed by atoms with Gasteiger partial charge in [0.2, 0.25) is 0 Å². The maximum atomic E-state index is 9.14. The molecule has 29 heavy (non-hydrogen) atoms. The van der Waals surface area contributed by atoms with Crippen molar-refractivity contribution in [1.82, 2.24) is 9.80 Å². The maximum Gasteiger partial charge on any atom is 0.125 e. The van der Waals surface area contributed by atoms with Gasteiger partial charge in [-0.25, -0.2) is 0 Å². The Kier molecular flexibility index (Phi) is 10.5. The van der Waals surface area contributed by atoms with Gasteiger partial charge < -0.3 is 9.64 Å². The maximum absolute atomic E-state index is 9.14. The van der Waals surface area contributed by atoms with Crippen LogP contribution in [0.5, 0.6) is 5.75 Å². The summed E-state index contributed by atoms with van der Waals surface area (Å²) in [7, 11) is 2.18. The third-order valence-corrected chi connectivity index (χ3v) is 5.20. The Morgan fingerprint density at radius 1 is 1.03 bits per heavy atom. The highest BCUT2D eigenvalue weighted by atomic mass is 35.5. The molecule has 1 heterocycles. The number of hydrogen-bond donors (Lipinski definition) is 0. The number of nitrogens with zero attached hydrogens (tertiary/aromatic N) is 3. The lowest BCUT2D eigenvalue weighted by molar-refractivity contribution is 0.133. The molecule has 0 spiro atoms. The minimum Gasteiger partial charge on any atom is -0.492 e. The van der Waals surface area contributed by atoms with Crippen molar-refractivity contribution in [2.75, 3.05) is 46.4 Å². The van der Waals surface area contributed by atoms with Gasteiger partial charge in [-0.2, -0.15) is 5.26 Å². The Morgan fingerprint density at radius 2 is 1.76 bits per heavy atom. The number of likely N-dealkylation sites (N-methyl/N-ethyl adjacent to an activating group) is 1.